The number of esters is 1. The van der Waals surface area contributed by atoms with Crippen molar-refractivity contribution in [3.63, 3.8) is 0 Å². The molecule has 0 spiro atoms. The summed E-state index contributed by atoms with van der Waals surface area (Å²) >= 11 is 0. The van der Waals surface area contributed by atoms with Gasteiger partial charge in [0.1, 0.15) is 6.04 Å². The number of hydrogen-bond acceptors (Lipinski definition) is 5. The second-order valence-corrected chi connectivity index (χ2v) is 5.32. The summed E-state index contributed by atoms with van der Waals surface area (Å²) < 4.78 is 15.7. The summed E-state index contributed by atoms with van der Waals surface area (Å²) in [6.07, 6.45) is 1.51. The van der Waals surface area contributed by atoms with Gasteiger partial charge in [0.2, 0.25) is 0 Å². The number of carbonyl (C=O) groups is 2. The van der Waals surface area contributed by atoms with Crippen LogP contribution in [0.4, 0.5) is 4.79 Å². The van der Waals surface area contributed by atoms with Crippen molar-refractivity contribution < 1.29 is 28.9 Å². The molecule has 1 amide bonds. The number of methoxy groups -OCH3 is 1. The van der Waals surface area contributed by atoms with Crippen LogP contribution >= 0.6 is 0 Å². The standard InChI is InChI=1S/C15H27NO6/c1-4-21-13(22-5-2)7-6-11-8-9-16(15(18)19)12(10-11)14(17)20-3/h11-13H,4-10H2,1-3H3,(H,18,19). The number of hydrogen-bond donors (Lipinski definition) is 1. The fourth-order valence-corrected chi connectivity index (χ4v) is 2.85. The molecule has 7 heteroatoms. The van der Waals surface area contributed by atoms with E-state index in [0.29, 0.717) is 26.2 Å². The van der Waals surface area contributed by atoms with E-state index in [9.17, 15) is 14.7 Å². The minimum absolute atomic E-state index is 0.232. The first-order valence-corrected chi connectivity index (χ1v) is 7.84. The highest BCUT2D eigenvalue weighted by Crippen LogP contribution is 2.28. The van der Waals surface area contributed by atoms with Crippen molar-refractivity contribution in [3.8, 4) is 0 Å². The second kappa shape index (κ2) is 9.63. The van der Waals surface area contributed by atoms with Crippen molar-refractivity contribution in [1.29, 1.82) is 0 Å². The maximum atomic E-state index is 11.8. The molecule has 1 aliphatic rings. The van der Waals surface area contributed by atoms with Crippen LogP contribution in [-0.2, 0) is 19.0 Å². The van der Waals surface area contributed by atoms with Crippen molar-refractivity contribution >= 4 is 12.1 Å². The van der Waals surface area contributed by atoms with Crippen molar-refractivity contribution in [2.24, 2.45) is 5.92 Å². The lowest BCUT2D eigenvalue weighted by Crippen LogP contribution is -2.50. The van der Waals surface area contributed by atoms with Gasteiger partial charge in [-0.1, -0.05) is 0 Å². The van der Waals surface area contributed by atoms with Gasteiger partial charge in [-0.15, -0.1) is 0 Å². The van der Waals surface area contributed by atoms with Crippen molar-refractivity contribution in [3.05, 3.63) is 0 Å². The van der Waals surface area contributed by atoms with Crippen LogP contribution in [-0.4, -0.2) is 61.3 Å². The Morgan fingerprint density at radius 2 is 1.91 bits per heavy atom. The summed E-state index contributed by atoms with van der Waals surface area (Å²) in [7, 11) is 1.28. The largest absolute Gasteiger partial charge is 0.467 e. The molecule has 0 aliphatic carbocycles. The average Bonchev–Trinajstić information content (AvgIpc) is 2.51. The lowest BCUT2D eigenvalue weighted by Gasteiger charge is -2.36. The Hall–Kier alpha value is -1.34. The van der Waals surface area contributed by atoms with Crippen LogP contribution in [0.5, 0.6) is 0 Å². The van der Waals surface area contributed by atoms with E-state index in [2.05, 4.69) is 0 Å². The zero-order valence-corrected chi connectivity index (χ0v) is 13.6. The third-order valence-corrected chi connectivity index (χ3v) is 3.95. The van der Waals surface area contributed by atoms with Gasteiger partial charge in [-0.3, -0.25) is 4.90 Å². The Labute approximate surface area is 131 Å². The summed E-state index contributed by atoms with van der Waals surface area (Å²) in [6, 6.07) is -0.709. The van der Waals surface area contributed by atoms with Crippen LogP contribution in [0.2, 0.25) is 0 Å². The van der Waals surface area contributed by atoms with Gasteiger partial charge in [-0.2, -0.15) is 0 Å². The van der Waals surface area contributed by atoms with Gasteiger partial charge in [0.05, 0.1) is 7.11 Å². The lowest BCUT2D eigenvalue weighted by molar-refractivity contribution is -0.149. The number of carboxylic acid groups (broad SMARTS) is 1. The molecule has 1 aliphatic heterocycles. The Balaban J connectivity index is 2.55. The number of rotatable bonds is 8. The molecule has 2 atom stereocenters. The van der Waals surface area contributed by atoms with Gasteiger partial charge in [0.15, 0.2) is 6.29 Å². The summed E-state index contributed by atoms with van der Waals surface area (Å²) in [4.78, 5) is 24.2. The molecule has 2 unspecified atom stereocenters. The number of likely N-dealkylation sites (tertiary alicyclic amines) is 1. The van der Waals surface area contributed by atoms with Gasteiger partial charge in [-0.25, -0.2) is 9.59 Å². The molecule has 0 aromatic rings. The Kier molecular flexibility index (Phi) is 8.19. The lowest BCUT2D eigenvalue weighted by atomic mass is 9.87. The highest BCUT2D eigenvalue weighted by Gasteiger charge is 2.37. The normalized spacial score (nSPS) is 21.9. The third kappa shape index (κ3) is 5.46. The Morgan fingerprint density at radius 3 is 2.41 bits per heavy atom. The molecule has 0 radical (unpaired) electrons. The Bertz CT molecular complexity index is 356. The van der Waals surface area contributed by atoms with E-state index < -0.39 is 18.1 Å². The first kappa shape index (κ1) is 18.7. The van der Waals surface area contributed by atoms with E-state index in [1.807, 2.05) is 13.8 Å². The predicted octanol–water partition coefficient (Wildman–Crippen LogP) is 2.10. The van der Waals surface area contributed by atoms with E-state index in [-0.39, 0.29) is 12.2 Å². The maximum Gasteiger partial charge on any atom is 0.408 e. The molecule has 7 nitrogen and oxygen atoms in total. The molecule has 128 valence electrons. The highest BCUT2D eigenvalue weighted by atomic mass is 16.7. The van der Waals surface area contributed by atoms with E-state index >= 15 is 0 Å². The number of ether oxygens (including phenoxy) is 3. The number of piperidine rings is 1. The SMILES string of the molecule is CCOC(CCC1CCN(C(=O)O)C(C(=O)OC)C1)OCC. The molecule has 0 saturated carbocycles. The zero-order chi connectivity index (χ0) is 16.5. The van der Waals surface area contributed by atoms with Gasteiger partial charge in [0.25, 0.3) is 0 Å². The van der Waals surface area contributed by atoms with Gasteiger partial charge < -0.3 is 19.3 Å². The quantitative estimate of drug-likeness (QED) is 0.545. The highest BCUT2D eigenvalue weighted by molar-refractivity contribution is 5.81. The number of carbonyl (C=O) groups excluding carboxylic acids is 1. The molecule has 0 aromatic carbocycles. The second-order valence-electron chi connectivity index (χ2n) is 5.32. The van der Waals surface area contributed by atoms with Crippen molar-refractivity contribution in [1.82, 2.24) is 4.90 Å². The minimum atomic E-state index is -1.07. The molecular formula is C15H27NO6. The monoisotopic (exact) mass is 317 g/mol. The summed E-state index contributed by atoms with van der Waals surface area (Å²) in [5.41, 5.74) is 0. The molecule has 1 rings (SSSR count). The smallest absolute Gasteiger partial charge is 0.408 e. The molecule has 0 bridgehead atoms. The first-order chi connectivity index (χ1) is 10.5. The molecule has 1 saturated heterocycles. The summed E-state index contributed by atoms with van der Waals surface area (Å²) in [5.74, 6) is -0.221. The molecular weight excluding hydrogens is 290 g/mol. The Morgan fingerprint density at radius 1 is 1.27 bits per heavy atom. The van der Waals surface area contributed by atoms with Gasteiger partial charge in [0, 0.05) is 19.8 Å². The van der Waals surface area contributed by atoms with Crippen LogP contribution in [0, 0.1) is 5.92 Å². The van der Waals surface area contributed by atoms with E-state index in [4.69, 9.17) is 14.2 Å². The van der Waals surface area contributed by atoms with E-state index in [1.54, 1.807) is 0 Å². The van der Waals surface area contributed by atoms with Crippen LogP contribution < -0.4 is 0 Å². The van der Waals surface area contributed by atoms with Crippen LogP contribution in [0.25, 0.3) is 0 Å². The van der Waals surface area contributed by atoms with E-state index in [1.165, 1.54) is 12.0 Å². The van der Waals surface area contributed by atoms with Crippen molar-refractivity contribution in [2.75, 3.05) is 26.9 Å². The van der Waals surface area contributed by atoms with Crippen LogP contribution in [0.1, 0.15) is 39.5 Å². The predicted molar refractivity (Wildman–Crippen MR) is 79.5 cm³/mol. The minimum Gasteiger partial charge on any atom is -0.467 e. The average molecular weight is 317 g/mol. The van der Waals surface area contributed by atoms with E-state index in [0.717, 1.165) is 19.3 Å². The fraction of sp³-hybridized carbons (Fsp3) is 0.867. The van der Waals surface area contributed by atoms with Crippen molar-refractivity contribution in [2.45, 2.75) is 51.9 Å². The summed E-state index contributed by atoms with van der Waals surface area (Å²) in [6.45, 7) is 5.38. The molecule has 1 fully saturated rings. The molecule has 1 heterocycles. The molecule has 1 N–H and O–H groups in total. The third-order valence-electron chi connectivity index (χ3n) is 3.95. The molecule has 0 aromatic heterocycles. The fourth-order valence-electron chi connectivity index (χ4n) is 2.85. The number of nitrogens with zero attached hydrogens (tertiary/aromatic N) is 1. The zero-order valence-electron chi connectivity index (χ0n) is 13.6. The summed E-state index contributed by atoms with van der Waals surface area (Å²) in [5, 5.41) is 9.18. The van der Waals surface area contributed by atoms with Gasteiger partial charge in [-0.05, 0) is 45.4 Å². The van der Waals surface area contributed by atoms with Gasteiger partial charge >= 0.3 is 12.1 Å². The van der Waals surface area contributed by atoms with Crippen LogP contribution in [0.15, 0.2) is 0 Å². The topological polar surface area (TPSA) is 85.3 Å². The number of amides is 1. The molecule has 22 heavy (non-hydrogen) atoms. The first-order valence-electron chi connectivity index (χ1n) is 7.84. The maximum absolute atomic E-state index is 11.8. The van der Waals surface area contributed by atoms with Crippen LogP contribution in [0.3, 0.4) is 0 Å².